The van der Waals surface area contributed by atoms with Gasteiger partial charge in [0.05, 0.1) is 22.6 Å². The van der Waals surface area contributed by atoms with Crippen LogP contribution in [-0.4, -0.2) is 12.0 Å². The molecule has 0 spiro atoms. The third kappa shape index (κ3) is 1.48. The van der Waals surface area contributed by atoms with Crippen molar-refractivity contribution in [1.82, 2.24) is 4.98 Å². The van der Waals surface area contributed by atoms with Gasteiger partial charge in [0.1, 0.15) is 5.82 Å². The van der Waals surface area contributed by atoms with Gasteiger partial charge in [0.2, 0.25) is 0 Å². The van der Waals surface area contributed by atoms with Crippen molar-refractivity contribution in [3.05, 3.63) is 29.7 Å². The molecule has 15 heavy (non-hydrogen) atoms. The number of hydrogen-bond acceptors (Lipinski definition) is 3. The highest BCUT2D eigenvalue weighted by molar-refractivity contribution is 5.97. The fourth-order valence-electron chi connectivity index (χ4n) is 1.64. The number of aryl methyl sites for hydroxylation is 1. The van der Waals surface area contributed by atoms with E-state index >= 15 is 0 Å². The molecule has 0 atom stereocenters. The molecule has 0 aliphatic rings. The largest absolute Gasteiger partial charge is 0.396 e. The molecule has 4 heteroatoms. The van der Waals surface area contributed by atoms with Crippen molar-refractivity contribution in [2.45, 2.75) is 6.92 Å². The Morgan fingerprint density at radius 2 is 2.13 bits per heavy atom. The fourth-order valence-corrected chi connectivity index (χ4v) is 1.64. The molecule has 1 aromatic carbocycles. The maximum absolute atomic E-state index is 13.1. The van der Waals surface area contributed by atoms with E-state index < -0.39 is 0 Å². The zero-order valence-corrected chi connectivity index (χ0v) is 8.63. The lowest BCUT2D eigenvalue weighted by Gasteiger charge is -2.11. The molecule has 0 saturated heterocycles. The minimum atomic E-state index is -0.288. The first kappa shape index (κ1) is 9.71. The molecule has 0 saturated carbocycles. The van der Waals surface area contributed by atoms with Crippen LogP contribution in [0.25, 0.3) is 10.9 Å². The highest BCUT2D eigenvalue weighted by Gasteiger charge is 2.09. The molecular weight excluding hydrogens is 193 g/mol. The molecule has 2 aromatic rings. The van der Waals surface area contributed by atoms with Crippen LogP contribution < -0.4 is 11.1 Å². The van der Waals surface area contributed by atoms with Crippen LogP contribution in [0.2, 0.25) is 0 Å². The van der Waals surface area contributed by atoms with Crippen LogP contribution in [0.4, 0.5) is 15.8 Å². The Labute approximate surface area is 87.1 Å². The number of nitrogens with two attached hydrogens (primary N) is 1. The lowest BCUT2D eigenvalue weighted by atomic mass is 10.1. The number of nitrogens with zero attached hydrogens (tertiary/aromatic N) is 1. The van der Waals surface area contributed by atoms with E-state index in [1.165, 1.54) is 12.1 Å². The first-order valence-corrected chi connectivity index (χ1v) is 4.66. The van der Waals surface area contributed by atoms with Crippen molar-refractivity contribution in [1.29, 1.82) is 0 Å². The summed E-state index contributed by atoms with van der Waals surface area (Å²) in [5.41, 5.74) is 8.65. The number of anilines is 2. The summed E-state index contributed by atoms with van der Waals surface area (Å²) in [6.45, 7) is 1.83. The van der Waals surface area contributed by atoms with Crippen LogP contribution >= 0.6 is 0 Å². The number of hydrogen-bond donors (Lipinski definition) is 2. The summed E-state index contributed by atoms with van der Waals surface area (Å²) in [7, 11) is 1.76. The first-order chi connectivity index (χ1) is 7.13. The summed E-state index contributed by atoms with van der Waals surface area (Å²) in [5, 5.41) is 3.68. The van der Waals surface area contributed by atoms with Gasteiger partial charge in [-0.05, 0) is 25.1 Å². The van der Waals surface area contributed by atoms with E-state index in [-0.39, 0.29) is 5.82 Å². The van der Waals surface area contributed by atoms with Crippen LogP contribution in [0.3, 0.4) is 0 Å². The average Bonchev–Trinajstić information content (AvgIpc) is 2.21. The van der Waals surface area contributed by atoms with Crippen LogP contribution in [0.1, 0.15) is 5.69 Å². The fraction of sp³-hybridized carbons (Fsp3) is 0.182. The van der Waals surface area contributed by atoms with Gasteiger partial charge in [0.15, 0.2) is 0 Å². The summed E-state index contributed by atoms with van der Waals surface area (Å²) in [5.74, 6) is -0.288. The maximum Gasteiger partial charge on any atom is 0.124 e. The minimum absolute atomic E-state index is 0.288. The van der Waals surface area contributed by atoms with Crippen LogP contribution in [0.15, 0.2) is 18.2 Å². The van der Waals surface area contributed by atoms with Gasteiger partial charge in [0.25, 0.3) is 0 Å². The number of halogens is 1. The van der Waals surface area contributed by atoms with Gasteiger partial charge in [-0.2, -0.15) is 0 Å². The zero-order chi connectivity index (χ0) is 11.0. The Morgan fingerprint density at radius 1 is 1.40 bits per heavy atom. The van der Waals surface area contributed by atoms with Crippen LogP contribution in [-0.2, 0) is 0 Å². The van der Waals surface area contributed by atoms with E-state index in [1.807, 2.05) is 6.92 Å². The second-order valence-corrected chi connectivity index (χ2v) is 3.40. The molecule has 2 rings (SSSR count). The number of benzene rings is 1. The SMILES string of the molecule is CNc1c(N)c(C)nc2ccc(F)cc12. The van der Waals surface area contributed by atoms with Gasteiger partial charge in [-0.3, -0.25) is 4.98 Å². The standard InChI is InChI=1S/C11H12FN3/c1-6-10(13)11(14-2)8-5-7(12)3-4-9(8)15-6/h3-5H,13H2,1-2H3,(H,14,15). The average molecular weight is 205 g/mol. The molecule has 0 amide bonds. The summed E-state index contributed by atoms with van der Waals surface area (Å²) in [6.07, 6.45) is 0. The second kappa shape index (κ2) is 3.38. The predicted molar refractivity (Wildman–Crippen MR) is 60.4 cm³/mol. The van der Waals surface area contributed by atoms with Crippen LogP contribution in [0, 0.1) is 12.7 Å². The Bertz CT molecular complexity index is 523. The number of pyridine rings is 1. The lowest BCUT2D eigenvalue weighted by Crippen LogP contribution is -2.01. The first-order valence-electron chi connectivity index (χ1n) is 4.66. The van der Waals surface area contributed by atoms with E-state index in [1.54, 1.807) is 13.1 Å². The summed E-state index contributed by atoms with van der Waals surface area (Å²) in [6, 6.07) is 4.48. The normalized spacial score (nSPS) is 10.6. The quantitative estimate of drug-likeness (QED) is 0.751. The second-order valence-electron chi connectivity index (χ2n) is 3.40. The molecule has 0 radical (unpaired) electrons. The van der Waals surface area contributed by atoms with E-state index in [0.29, 0.717) is 11.1 Å². The molecule has 0 aliphatic carbocycles. The minimum Gasteiger partial charge on any atom is -0.396 e. The summed E-state index contributed by atoms with van der Waals surface area (Å²) >= 11 is 0. The number of aromatic nitrogens is 1. The predicted octanol–water partition coefficient (Wildman–Crippen LogP) is 2.31. The monoisotopic (exact) mass is 205 g/mol. The van der Waals surface area contributed by atoms with E-state index in [9.17, 15) is 4.39 Å². The van der Waals surface area contributed by atoms with Gasteiger partial charge >= 0.3 is 0 Å². The molecular formula is C11H12FN3. The van der Waals surface area contributed by atoms with Crippen molar-refractivity contribution in [2.75, 3.05) is 18.1 Å². The Kier molecular flexibility index (Phi) is 2.19. The Hall–Kier alpha value is -1.84. The van der Waals surface area contributed by atoms with Gasteiger partial charge < -0.3 is 11.1 Å². The summed E-state index contributed by atoms with van der Waals surface area (Å²) < 4.78 is 13.1. The number of nitrogen functional groups attached to an aromatic ring is 1. The van der Waals surface area contributed by atoms with E-state index in [4.69, 9.17) is 5.73 Å². The van der Waals surface area contributed by atoms with Crippen molar-refractivity contribution >= 4 is 22.3 Å². The number of rotatable bonds is 1. The maximum atomic E-state index is 13.1. The summed E-state index contributed by atoms with van der Waals surface area (Å²) in [4.78, 5) is 4.29. The molecule has 1 aromatic heterocycles. The van der Waals surface area contributed by atoms with Crippen molar-refractivity contribution in [2.24, 2.45) is 0 Å². The molecule has 78 valence electrons. The molecule has 0 unspecified atom stereocenters. The zero-order valence-electron chi connectivity index (χ0n) is 8.63. The van der Waals surface area contributed by atoms with E-state index in [0.717, 1.165) is 16.9 Å². The molecule has 3 nitrogen and oxygen atoms in total. The molecule has 0 aliphatic heterocycles. The third-order valence-corrected chi connectivity index (χ3v) is 2.43. The molecule has 1 heterocycles. The van der Waals surface area contributed by atoms with Crippen LogP contribution in [0.5, 0.6) is 0 Å². The molecule has 0 bridgehead atoms. The Morgan fingerprint density at radius 3 is 2.80 bits per heavy atom. The van der Waals surface area contributed by atoms with Gasteiger partial charge in [0, 0.05) is 12.4 Å². The lowest BCUT2D eigenvalue weighted by molar-refractivity contribution is 0.629. The topological polar surface area (TPSA) is 50.9 Å². The third-order valence-electron chi connectivity index (χ3n) is 2.43. The van der Waals surface area contributed by atoms with Gasteiger partial charge in [-0.15, -0.1) is 0 Å². The molecule has 0 fully saturated rings. The molecule has 3 N–H and O–H groups in total. The highest BCUT2D eigenvalue weighted by Crippen LogP contribution is 2.30. The van der Waals surface area contributed by atoms with Crippen molar-refractivity contribution in [3.63, 3.8) is 0 Å². The number of nitrogens with one attached hydrogen (secondary N) is 1. The van der Waals surface area contributed by atoms with Crippen molar-refractivity contribution in [3.8, 4) is 0 Å². The van der Waals surface area contributed by atoms with Crippen molar-refractivity contribution < 1.29 is 4.39 Å². The van der Waals surface area contributed by atoms with Gasteiger partial charge in [-0.25, -0.2) is 4.39 Å². The number of fused-ring (bicyclic) bond motifs is 1. The van der Waals surface area contributed by atoms with E-state index in [2.05, 4.69) is 10.3 Å². The van der Waals surface area contributed by atoms with Gasteiger partial charge in [-0.1, -0.05) is 0 Å². The highest BCUT2D eigenvalue weighted by atomic mass is 19.1. The Balaban J connectivity index is 2.89. The smallest absolute Gasteiger partial charge is 0.124 e.